The van der Waals surface area contributed by atoms with Crippen LogP contribution in [-0.4, -0.2) is 17.9 Å². The predicted molar refractivity (Wildman–Crippen MR) is 75.6 cm³/mol. The van der Waals surface area contributed by atoms with E-state index in [4.69, 9.17) is 32.7 Å². The summed E-state index contributed by atoms with van der Waals surface area (Å²) in [5.41, 5.74) is 0. The fourth-order valence-electron chi connectivity index (χ4n) is 1.11. The quantitative estimate of drug-likeness (QED) is 0.344. The van der Waals surface area contributed by atoms with Gasteiger partial charge in [0.25, 0.3) is 0 Å². The van der Waals surface area contributed by atoms with Gasteiger partial charge in [0.15, 0.2) is 0 Å². The maximum absolute atomic E-state index is 11.3. The third kappa shape index (κ3) is 4.88. The Bertz CT molecular complexity index is 461. The Morgan fingerprint density at radius 1 is 1.44 bits per heavy atom. The summed E-state index contributed by atoms with van der Waals surface area (Å²) in [5.74, 6) is 0.307. The molecule has 18 heavy (non-hydrogen) atoms. The van der Waals surface area contributed by atoms with Gasteiger partial charge in [-0.05, 0) is 19.1 Å². The van der Waals surface area contributed by atoms with Crippen LogP contribution in [0.1, 0.15) is 6.92 Å². The molecule has 0 aliphatic carbocycles. The molecule has 0 N–H and O–H groups in total. The topological polar surface area (TPSA) is 35.5 Å². The number of carbonyl (C=O) groups excluding carboxylic acids is 1. The summed E-state index contributed by atoms with van der Waals surface area (Å²) in [7, 11) is 0. The zero-order valence-corrected chi connectivity index (χ0v) is 12.7. The molecule has 6 heteroatoms. The van der Waals surface area contributed by atoms with Crippen molar-refractivity contribution < 1.29 is 14.3 Å². The van der Waals surface area contributed by atoms with Crippen LogP contribution in [0, 0.1) is 0 Å². The molecule has 0 radical (unpaired) electrons. The van der Waals surface area contributed by atoms with E-state index in [1.165, 1.54) is 6.08 Å². The van der Waals surface area contributed by atoms with Crippen LogP contribution in [0.3, 0.4) is 0 Å². The van der Waals surface area contributed by atoms with Crippen molar-refractivity contribution in [3.63, 3.8) is 0 Å². The molecule has 0 aliphatic heterocycles. The lowest BCUT2D eigenvalue weighted by Crippen LogP contribution is -2.05. The van der Waals surface area contributed by atoms with Crippen LogP contribution in [0.5, 0.6) is 5.75 Å². The van der Waals surface area contributed by atoms with Gasteiger partial charge in [0, 0.05) is 11.1 Å². The van der Waals surface area contributed by atoms with E-state index in [0.29, 0.717) is 33.5 Å². The highest BCUT2D eigenvalue weighted by Crippen LogP contribution is 2.29. The summed E-state index contributed by atoms with van der Waals surface area (Å²) in [6.45, 7) is 2.04. The smallest absolute Gasteiger partial charge is 0.334 e. The zero-order valence-electron chi connectivity index (χ0n) is 9.58. The van der Waals surface area contributed by atoms with Crippen molar-refractivity contribution in [2.45, 2.75) is 6.92 Å². The summed E-state index contributed by atoms with van der Waals surface area (Å²) in [6.07, 6.45) is 1.26. The molecule has 0 saturated heterocycles. The van der Waals surface area contributed by atoms with Gasteiger partial charge in [-0.3, -0.25) is 0 Å². The second-order valence-corrected chi connectivity index (χ2v) is 4.58. The third-order valence-corrected chi connectivity index (χ3v) is 2.93. The highest BCUT2D eigenvalue weighted by Gasteiger charge is 2.08. The minimum Gasteiger partial charge on any atom is -0.463 e. The third-order valence-electron chi connectivity index (χ3n) is 1.83. The van der Waals surface area contributed by atoms with E-state index in [0.717, 1.165) is 0 Å². The number of alkyl halides is 1. The number of hydrogen-bond acceptors (Lipinski definition) is 3. The van der Waals surface area contributed by atoms with Gasteiger partial charge in [-0.25, -0.2) is 4.79 Å². The van der Waals surface area contributed by atoms with Gasteiger partial charge in [-0.1, -0.05) is 39.1 Å². The molecule has 1 rings (SSSR count). The Hall–Kier alpha value is -0.710. The molecule has 0 fully saturated rings. The Kier molecular flexibility index (Phi) is 6.54. The van der Waals surface area contributed by atoms with Gasteiger partial charge >= 0.3 is 5.97 Å². The lowest BCUT2D eigenvalue weighted by Gasteiger charge is -2.09. The summed E-state index contributed by atoms with van der Waals surface area (Å²) >= 11 is 15.0. The van der Waals surface area contributed by atoms with E-state index in [9.17, 15) is 4.79 Å². The molecule has 0 bridgehead atoms. The lowest BCUT2D eigenvalue weighted by molar-refractivity contribution is -0.137. The van der Waals surface area contributed by atoms with Crippen molar-refractivity contribution >= 4 is 45.1 Å². The van der Waals surface area contributed by atoms with Crippen LogP contribution in [0.4, 0.5) is 0 Å². The van der Waals surface area contributed by atoms with Crippen molar-refractivity contribution in [1.29, 1.82) is 0 Å². The molecule has 0 atom stereocenters. The maximum Gasteiger partial charge on any atom is 0.334 e. The first-order valence-electron chi connectivity index (χ1n) is 5.13. The number of allylic oxidation sites excluding steroid dienone is 1. The van der Waals surface area contributed by atoms with Crippen molar-refractivity contribution in [2.75, 3.05) is 11.9 Å². The molecule has 0 amide bonds. The second kappa shape index (κ2) is 7.67. The van der Waals surface area contributed by atoms with Gasteiger partial charge in [0.05, 0.1) is 23.0 Å². The van der Waals surface area contributed by atoms with E-state index >= 15 is 0 Å². The van der Waals surface area contributed by atoms with Gasteiger partial charge in [-0.2, -0.15) is 0 Å². The average molecular weight is 354 g/mol. The summed E-state index contributed by atoms with van der Waals surface area (Å²) < 4.78 is 10.3. The zero-order chi connectivity index (χ0) is 13.5. The maximum atomic E-state index is 11.3. The summed E-state index contributed by atoms with van der Waals surface area (Å²) in [6, 6.07) is 4.85. The van der Waals surface area contributed by atoms with Gasteiger partial charge < -0.3 is 9.47 Å². The van der Waals surface area contributed by atoms with Gasteiger partial charge in [-0.15, -0.1) is 0 Å². The second-order valence-electron chi connectivity index (χ2n) is 3.17. The van der Waals surface area contributed by atoms with Crippen LogP contribution >= 0.6 is 39.1 Å². The minimum atomic E-state index is -0.467. The first kappa shape index (κ1) is 15.3. The van der Waals surface area contributed by atoms with Crippen molar-refractivity contribution in [3.8, 4) is 5.75 Å². The van der Waals surface area contributed by atoms with Gasteiger partial charge in [0.1, 0.15) is 11.5 Å². The number of halogens is 3. The number of ether oxygens (including phenoxy) is 2. The molecular weight excluding hydrogens is 343 g/mol. The number of benzene rings is 1. The molecule has 0 unspecified atom stereocenters. The fourth-order valence-corrected chi connectivity index (χ4v) is 1.70. The van der Waals surface area contributed by atoms with Crippen molar-refractivity contribution in [1.82, 2.24) is 0 Å². The lowest BCUT2D eigenvalue weighted by atomic mass is 10.3. The average Bonchev–Trinajstić information content (AvgIpc) is 2.33. The Morgan fingerprint density at radius 2 is 2.17 bits per heavy atom. The minimum absolute atomic E-state index is 0.308. The molecular formula is C12H11BrCl2O3. The number of rotatable bonds is 5. The molecule has 98 valence electrons. The standard InChI is InChI=1S/C12H11BrCl2O3/c1-2-17-12(16)6-9(7-13)18-11-5-8(14)3-4-10(11)15/h3-6H,2,7H2,1H3/b9-6+. The Morgan fingerprint density at radius 3 is 2.78 bits per heavy atom. The van der Waals surface area contributed by atoms with Crippen LogP contribution in [-0.2, 0) is 9.53 Å². The highest BCUT2D eigenvalue weighted by atomic mass is 79.9. The van der Waals surface area contributed by atoms with E-state index in [-0.39, 0.29) is 0 Å². The molecule has 0 aromatic heterocycles. The molecule has 0 aliphatic rings. The van der Waals surface area contributed by atoms with Crippen molar-refractivity contribution in [2.24, 2.45) is 0 Å². The first-order chi connectivity index (χ1) is 8.56. The highest BCUT2D eigenvalue weighted by molar-refractivity contribution is 9.09. The Balaban J connectivity index is 2.85. The Labute approximate surface area is 124 Å². The number of esters is 1. The van der Waals surface area contributed by atoms with E-state index < -0.39 is 5.97 Å². The first-order valence-corrected chi connectivity index (χ1v) is 7.00. The molecule has 1 aromatic rings. The van der Waals surface area contributed by atoms with E-state index in [1.54, 1.807) is 25.1 Å². The van der Waals surface area contributed by atoms with Crippen LogP contribution < -0.4 is 4.74 Å². The van der Waals surface area contributed by atoms with Crippen molar-refractivity contribution in [3.05, 3.63) is 40.1 Å². The molecule has 0 spiro atoms. The number of hydrogen-bond donors (Lipinski definition) is 0. The molecule has 0 saturated carbocycles. The van der Waals surface area contributed by atoms with E-state index in [1.807, 2.05) is 0 Å². The molecule has 1 aromatic carbocycles. The SMILES string of the molecule is CCOC(=O)/C=C(\CBr)Oc1cc(Cl)ccc1Cl. The normalized spacial score (nSPS) is 11.2. The molecule has 3 nitrogen and oxygen atoms in total. The van der Waals surface area contributed by atoms with Crippen LogP contribution in [0.25, 0.3) is 0 Å². The predicted octanol–water partition coefficient (Wildman–Crippen LogP) is 4.21. The van der Waals surface area contributed by atoms with Crippen LogP contribution in [0.15, 0.2) is 30.0 Å². The van der Waals surface area contributed by atoms with Crippen LogP contribution in [0.2, 0.25) is 10.0 Å². The molecule has 0 heterocycles. The monoisotopic (exact) mass is 352 g/mol. The van der Waals surface area contributed by atoms with Gasteiger partial charge in [0.2, 0.25) is 0 Å². The summed E-state index contributed by atoms with van der Waals surface area (Å²) in [5, 5.41) is 1.27. The number of carbonyl (C=O) groups is 1. The van der Waals surface area contributed by atoms with E-state index in [2.05, 4.69) is 15.9 Å². The summed E-state index contributed by atoms with van der Waals surface area (Å²) in [4.78, 5) is 11.3. The fraction of sp³-hybridized carbons (Fsp3) is 0.250. The largest absolute Gasteiger partial charge is 0.463 e.